The number of nitrogens with one attached hydrogen (secondary N) is 1. The zero-order valence-corrected chi connectivity index (χ0v) is 17.4. The first kappa shape index (κ1) is 22.3. The molecule has 0 atom stereocenters. The van der Waals surface area contributed by atoms with E-state index in [1.165, 1.54) is 14.2 Å². The Balaban J connectivity index is 2.33. The molecule has 30 heavy (non-hydrogen) atoms. The van der Waals surface area contributed by atoms with E-state index < -0.39 is 0 Å². The zero-order valence-electron chi connectivity index (χ0n) is 17.4. The van der Waals surface area contributed by atoms with E-state index in [1.807, 2.05) is 31.2 Å². The van der Waals surface area contributed by atoms with Crippen molar-refractivity contribution >= 4 is 17.3 Å². The van der Waals surface area contributed by atoms with E-state index in [4.69, 9.17) is 22.5 Å². The molecule has 1 amide bonds. The molecule has 2 rings (SSSR count). The van der Waals surface area contributed by atoms with Gasteiger partial charge in [-0.2, -0.15) is 0 Å². The lowest BCUT2D eigenvalue weighted by Crippen LogP contribution is -2.29. The summed E-state index contributed by atoms with van der Waals surface area (Å²) in [5, 5.41) is 10.6. The highest BCUT2D eigenvalue weighted by atomic mass is 16.6. The van der Waals surface area contributed by atoms with Crippen LogP contribution in [0.3, 0.4) is 0 Å². The van der Waals surface area contributed by atoms with Crippen molar-refractivity contribution < 1.29 is 14.5 Å². The molecule has 0 spiro atoms. The fourth-order valence-electron chi connectivity index (χ4n) is 2.79. The number of hydrogen-bond donors (Lipinski definition) is 1. The average molecular weight is 401 g/mol. The first-order valence-electron chi connectivity index (χ1n) is 9.12. The molecule has 0 aliphatic carbocycles. The number of carbonyl (C=O) groups is 1. The second kappa shape index (κ2) is 10.5. The highest BCUT2D eigenvalue weighted by molar-refractivity contribution is 6.45. The van der Waals surface area contributed by atoms with Crippen molar-refractivity contribution in [2.75, 3.05) is 14.2 Å². The van der Waals surface area contributed by atoms with Gasteiger partial charge in [0, 0.05) is 34.9 Å². The summed E-state index contributed by atoms with van der Waals surface area (Å²) in [6.45, 7) is 3.86. The number of benzene rings is 2. The van der Waals surface area contributed by atoms with Crippen LogP contribution in [0.25, 0.3) is 0 Å². The predicted molar refractivity (Wildman–Crippen MR) is 118 cm³/mol. The number of nitrogens with zero attached hydrogens (tertiary/aromatic N) is 2. The minimum atomic E-state index is -0.365. The Morgan fingerprint density at radius 1 is 1.13 bits per heavy atom. The Labute approximate surface area is 177 Å². The lowest BCUT2D eigenvalue weighted by Gasteiger charge is -2.13. The topological polar surface area (TPSA) is 72.3 Å². The SMILES string of the molecule is C#Cc1cc(C#C)cc(/C(C)=N/OCc2c(C)cccc2/C(=N\OC)C(=O)NC)c1. The van der Waals surface area contributed by atoms with E-state index in [0.29, 0.717) is 22.4 Å². The van der Waals surface area contributed by atoms with Crippen molar-refractivity contribution in [1.29, 1.82) is 0 Å². The molecule has 0 fully saturated rings. The summed E-state index contributed by atoms with van der Waals surface area (Å²) in [4.78, 5) is 22.7. The number of rotatable bonds is 7. The van der Waals surface area contributed by atoms with Crippen LogP contribution >= 0.6 is 0 Å². The van der Waals surface area contributed by atoms with Gasteiger partial charge in [-0.1, -0.05) is 40.4 Å². The molecule has 6 heteroatoms. The van der Waals surface area contributed by atoms with Gasteiger partial charge in [0.1, 0.15) is 13.7 Å². The fourth-order valence-corrected chi connectivity index (χ4v) is 2.79. The normalized spacial score (nSPS) is 11.3. The maximum Gasteiger partial charge on any atom is 0.273 e. The minimum Gasteiger partial charge on any atom is -0.398 e. The van der Waals surface area contributed by atoms with Crippen molar-refractivity contribution in [3.63, 3.8) is 0 Å². The fraction of sp³-hybridized carbons (Fsp3) is 0.208. The van der Waals surface area contributed by atoms with Gasteiger partial charge in [-0.15, -0.1) is 12.8 Å². The van der Waals surface area contributed by atoms with Crippen LogP contribution in [0, 0.1) is 31.6 Å². The van der Waals surface area contributed by atoms with E-state index in [9.17, 15) is 4.79 Å². The van der Waals surface area contributed by atoms with Gasteiger partial charge < -0.3 is 15.0 Å². The second-order valence-electron chi connectivity index (χ2n) is 6.34. The third-order valence-corrected chi connectivity index (χ3v) is 4.38. The molecule has 2 aromatic rings. The number of likely N-dealkylation sites (N-methyl/N-ethyl adjacent to an activating group) is 1. The maximum absolute atomic E-state index is 12.2. The largest absolute Gasteiger partial charge is 0.398 e. The third-order valence-electron chi connectivity index (χ3n) is 4.38. The molecule has 2 aromatic carbocycles. The molecular weight excluding hydrogens is 378 g/mol. The molecule has 0 aliphatic rings. The monoisotopic (exact) mass is 401 g/mol. The Bertz CT molecular complexity index is 1050. The lowest BCUT2D eigenvalue weighted by atomic mass is 9.98. The summed E-state index contributed by atoms with van der Waals surface area (Å²) in [7, 11) is 2.92. The molecule has 0 bridgehead atoms. The average Bonchev–Trinajstić information content (AvgIpc) is 2.77. The first-order chi connectivity index (χ1) is 14.4. The van der Waals surface area contributed by atoms with E-state index >= 15 is 0 Å². The highest BCUT2D eigenvalue weighted by Crippen LogP contribution is 2.18. The predicted octanol–water partition coefficient (Wildman–Crippen LogP) is 2.99. The summed E-state index contributed by atoms with van der Waals surface area (Å²) in [5.41, 5.74) is 5.19. The Morgan fingerprint density at radius 2 is 1.80 bits per heavy atom. The molecule has 0 saturated heterocycles. The smallest absolute Gasteiger partial charge is 0.273 e. The first-order valence-corrected chi connectivity index (χ1v) is 9.12. The number of hydrogen-bond acceptors (Lipinski definition) is 5. The van der Waals surface area contributed by atoms with Crippen LogP contribution < -0.4 is 5.32 Å². The quantitative estimate of drug-likeness (QED) is 0.440. The van der Waals surface area contributed by atoms with E-state index in [1.54, 1.807) is 19.1 Å². The zero-order chi connectivity index (χ0) is 22.1. The molecular formula is C24H23N3O3. The van der Waals surface area contributed by atoms with Crippen molar-refractivity contribution in [2.24, 2.45) is 10.3 Å². The van der Waals surface area contributed by atoms with Crippen LogP contribution in [0.5, 0.6) is 0 Å². The van der Waals surface area contributed by atoms with Crippen molar-refractivity contribution in [3.05, 3.63) is 69.8 Å². The van der Waals surface area contributed by atoms with E-state index in [0.717, 1.165) is 16.7 Å². The van der Waals surface area contributed by atoms with Crippen LogP contribution in [0.1, 0.15) is 40.3 Å². The van der Waals surface area contributed by atoms with Gasteiger partial charge in [0.25, 0.3) is 5.91 Å². The highest BCUT2D eigenvalue weighted by Gasteiger charge is 2.19. The summed E-state index contributed by atoms with van der Waals surface area (Å²) in [6, 6.07) is 10.9. The number of aryl methyl sites for hydroxylation is 1. The number of terminal acetylenes is 2. The van der Waals surface area contributed by atoms with Gasteiger partial charge in [0.15, 0.2) is 5.71 Å². The number of amides is 1. The summed E-state index contributed by atoms with van der Waals surface area (Å²) < 4.78 is 0. The van der Waals surface area contributed by atoms with Crippen molar-refractivity contribution in [1.82, 2.24) is 5.32 Å². The van der Waals surface area contributed by atoms with Crippen LogP contribution in [-0.4, -0.2) is 31.5 Å². The molecule has 152 valence electrons. The standard InChI is InChI=1S/C24H23N3O3/c1-7-18-12-19(8-2)14-20(13-18)17(4)26-30-15-22-16(3)10-9-11-21(22)23(27-29-6)24(28)25-5/h1-2,9-14H,15H2,3-6H3,(H,25,28)/b26-17+,27-23+. The molecule has 0 radical (unpaired) electrons. The van der Waals surface area contributed by atoms with Crippen molar-refractivity contribution in [3.8, 4) is 24.7 Å². The van der Waals surface area contributed by atoms with Crippen molar-refractivity contribution in [2.45, 2.75) is 20.5 Å². The van der Waals surface area contributed by atoms with E-state index in [-0.39, 0.29) is 18.2 Å². The molecule has 0 saturated carbocycles. The minimum absolute atomic E-state index is 0.135. The Kier molecular flexibility index (Phi) is 7.79. The van der Waals surface area contributed by atoms with Gasteiger partial charge in [-0.25, -0.2) is 0 Å². The summed E-state index contributed by atoms with van der Waals surface area (Å²) in [6.07, 6.45) is 11.0. The lowest BCUT2D eigenvalue weighted by molar-refractivity contribution is -0.114. The molecule has 1 N–H and O–H groups in total. The van der Waals surface area contributed by atoms with Gasteiger partial charge >= 0.3 is 0 Å². The molecule has 0 heterocycles. The van der Waals surface area contributed by atoms with Gasteiger partial charge in [-0.05, 0) is 37.6 Å². The summed E-state index contributed by atoms with van der Waals surface area (Å²) >= 11 is 0. The Hall–Kier alpha value is -4.03. The van der Waals surface area contributed by atoms with Crippen LogP contribution in [0.2, 0.25) is 0 Å². The van der Waals surface area contributed by atoms with E-state index in [2.05, 4.69) is 27.5 Å². The molecule has 0 aliphatic heterocycles. The summed E-state index contributed by atoms with van der Waals surface area (Å²) in [5.74, 6) is 4.80. The number of carbonyl (C=O) groups excluding carboxylic acids is 1. The maximum atomic E-state index is 12.2. The number of oxime groups is 2. The van der Waals surface area contributed by atoms with Gasteiger partial charge in [-0.3, -0.25) is 4.79 Å². The third kappa shape index (κ3) is 5.27. The van der Waals surface area contributed by atoms with Crippen LogP contribution in [-0.2, 0) is 21.1 Å². The van der Waals surface area contributed by atoms with Crippen LogP contribution in [0.15, 0.2) is 46.7 Å². The van der Waals surface area contributed by atoms with Gasteiger partial charge in [0.05, 0.1) is 5.71 Å². The molecule has 6 nitrogen and oxygen atoms in total. The molecule has 0 unspecified atom stereocenters. The van der Waals surface area contributed by atoms with Gasteiger partial charge in [0.2, 0.25) is 0 Å². The molecule has 0 aromatic heterocycles. The Morgan fingerprint density at radius 3 is 2.37 bits per heavy atom. The van der Waals surface area contributed by atoms with Crippen LogP contribution in [0.4, 0.5) is 0 Å². The second-order valence-corrected chi connectivity index (χ2v) is 6.34.